The number of sulfone groups is 1. The Labute approximate surface area is 108 Å². The molecule has 0 atom stereocenters. The van der Waals surface area contributed by atoms with E-state index in [0.717, 1.165) is 0 Å². The summed E-state index contributed by atoms with van der Waals surface area (Å²) >= 11 is 0. The second-order valence-corrected chi connectivity index (χ2v) is 6.19. The smallest absolute Gasteiger partial charge is 0.153 e. The predicted octanol–water partition coefficient (Wildman–Crippen LogP) is 1.10. The van der Waals surface area contributed by atoms with E-state index in [4.69, 9.17) is 15.2 Å². The Morgan fingerprint density at radius 3 is 2.56 bits per heavy atom. The summed E-state index contributed by atoms with van der Waals surface area (Å²) in [7, 11) is -1.53. The summed E-state index contributed by atoms with van der Waals surface area (Å²) in [5, 5.41) is 0. The van der Waals surface area contributed by atoms with Crippen LogP contribution >= 0.6 is 0 Å². The van der Waals surface area contributed by atoms with E-state index in [1.165, 1.54) is 0 Å². The van der Waals surface area contributed by atoms with Gasteiger partial charge in [0.05, 0.1) is 17.2 Å². The Morgan fingerprint density at radius 2 is 1.89 bits per heavy atom. The van der Waals surface area contributed by atoms with Gasteiger partial charge in [-0.3, -0.25) is 0 Å². The van der Waals surface area contributed by atoms with Gasteiger partial charge in [0, 0.05) is 13.7 Å². The lowest BCUT2D eigenvalue weighted by Crippen LogP contribution is -2.18. The number of benzene rings is 1. The van der Waals surface area contributed by atoms with Crippen molar-refractivity contribution in [1.82, 2.24) is 0 Å². The van der Waals surface area contributed by atoms with Gasteiger partial charge < -0.3 is 15.2 Å². The lowest BCUT2D eigenvalue weighted by atomic mass is 10.3. The molecule has 0 spiro atoms. The van der Waals surface area contributed by atoms with Crippen LogP contribution in [0.1, 0.15) is 6.42 Å². The highest BCUT2D eigenvalue weighted by Crippen LogP contribution is 2.19. The Balaban J connectivity index is 2.35. The summed E-state index contributed by atoms with van der Waals surface area (Å²) in [6, 6.07) is 7.01. The van der Waals surface area contributed by atoms with Crippen molar-refractivity contribution in [2.75, 3.05) is 37.6 Å². The normalized spacial score (nSPS) is 11.4. The molecule has 5 nitrogen and oxygen atoms in total. The molecular formula is C12H19NO4S. The van der Waals surface area contributed by atoms with Gasteiger partial charge in [-0.1, -0.05) is 12.1 Å². The Kier molecular flexibility index (Phi) is 5.94. The molecule has 0 fully saturated rings. The number of para-hydroxylation sites is 2. The summed E-state index contributed by atoms with van der Waals surface area (Å²) in [4.78, 5) is 0. The third kappa shape index (κ3) is 5.37. The van der Waals surface area contributed by atoms with Gasteiger partial charge in [-0.25, -0.2) is 8.42 Å². The van der Waals surface area contributed by atoms with Crippen LogP contribution in [0.2, 0.25) is 0 Å². The minimum Gasteiger partial charge on any atom is -0.490 e. The van der Waals surface area contributed by atoms with Gasteiger partial charge in [0.15, 0.2) is 9.84 Å². The zero-order valence-corrected chi connectivity index (χ0v) is 11.3. The molecule has 0 heterocycles. The molecule has 0 radical (unpaired) electrons. The third-order valence-electron chi connectivity index (χ3n) is 2.37. The zero-order valence-electron chi connectivity index (χ0n) is 10.5. The van der Waals surface area contributed by atoms with Crippen LogP contribution in [0, 0.1) is 0 Å². The first-order chi connectivity index (χ1) is 8.55. The first kappa shape index (κ1) is 14.8. The number of ether oxygens (including phenoxy) is 2. The minimum absolute atomic E-state index is 0.00888. The van der Waals surface area contributed by atoms with Crippen molar-refractivity contribution in [1.29, 1.82) is 0 Å². The quantitative estimate of drug-likeness (QED) is 0.567. The van der Waals surface area contributed by atoms with E-state index in [2.05, 4.69) is 0 Å². The van der Waals surface area contributed by atoms with Gasteiger partial charge in [0.1, 0.15) is 12.4 Å². The van der Waals surface area contributed by atoms with Crippen molar-refractivity contribution < 1.29 is 17.9 Å². The van der Waals surface area contributed by atoms with E-state index in [-0.39, 0.29) is 18.1 Å². The van der Waals surface area contributed by atoms with Crippen LogP contribution in [0.5, 0.6) is 5.75 Å². The molecule has 6 heteroatoms. The van der Waals surface area contributed by atoms with E-state index < -0.39 is 9.84 Å². The molecule has 0 saturated heterocycles. The van der Waals surface area contributed by atoms with Gasteiger partial charge in [-0.2, -0.15) is 0 Å². The van der Waals surface area contributed by atoms with Gasteiger partial charge in [0.25, 0.3) is 0 Å². The van der Waals surface area contributed by atoms with Crippen LogP contribution in [-0.2, 0) is 14.6 Å². The van der Waals surface area contributed by atoms with Gasteiger partial charge in [-0.15, -0.1) is 0 Å². The predicted molar refractivity (Wildman–Crippen MR) is 71.5 cm³/mol. The van der Waals surface area contributed by atoms with E-state index in [0.29, 0.717) is 24.5 Å². The first-order valence-electron chi connectivity index (χ1n) is 5.72. The standard InChI is InChI=1S/C12H19NO4S/c1-16-7-4-9-18(14,15)10-8-17-12-6-3-2-5-11(12)13/h2-3,5-6H,4,7-10,13H2,1H3. The average Bonchev–Trinajstić information content (AvgIpc) is 2.32. The van der Waals surface area contributed by atoms with Crippen LogP contribution in [0.25, 0.3) is 0 Å². The average molecular weight is 273 g/mol. The number of hydrogen-bond acceptors (Lipinski definition) is 5. The molecule has 1 aromatic rings. The summed E-state index contributed by atoms with van der Waals surface area (Å²) in [6.45, 7) is 0.565. The number of hydrogen-bond donors (Lipinski definition) is 1. The number of nitrogens with two attached hydrogens (primary N) is 1. The summed E-state index contributed by atoms with van der Waals surface area (Å²) < 4.78 is 33.4. The molecule has 0 aliphatic heterocycles. The highest BCUT2D eigenvalue weighted by Gasteiger charge is 2.11. The fourth-order valence-electron chi connectivity index (χ4n) is 1.42. The highest BCUT2D eigenvalue weighted by molar-refractivity contribution is 7.91. The minimum atomic E-state index is -3.08. The van der Waals surface area contributed by atoms with Crippen LogP contribution in [0.15, 0.2) is 24.3 Å². The molecule has 0 amide bonds. The molecular weight excluding hydrogens is 254 g/mol. The van der Waals surface area contributed by atoms with Crippen molar-refractivity contribution >= 4 is 15.5 Å². The van der Waals surface area contributed by atoms with Crippen LogP contribution < -0.4 is 10.5 Å². The summed E-state index contributed by atoms with van der Waals surface area (Å²) in [5.74, 6) is 0.629. The highest BCUT2D eigenvalue weighted by atomic mass is 32.2. The lowest BCUT2D eigenvalue weighted by Gasteiger charge is -2.08. The molecule has 0 aliphatic carbocycles. The van der Waals surface area contributed by atoms with Crippen molar-refractivity contribution in [3.8, 4) is 5.75 Å². The van der Waals surface area contributed by atoms with E-state index >= 15 is 0 Å². The molecule has 0 saturated carbocycles. The molecule has 18 heavy (non-hydrogen) atoms. The Morgan fingerprint density at radius 1 is 1.17 bits per heavy atom. The Bertz CT molecular complexity index is 459. The monoisotopic (exact) mass is 273 g/mol. The van der Waals surface area contributed by atoms with Gasteiger partial charge in [-0.05, 0) is 18.6 Å². The van der Waals surface area contributed by atoms with Crippen LogP contribution in [0.3, 0.4) is 0 Å². The van der Waals surface area contributed by atoms with Crippen LogP contribution in [-0.4, -0.2) is 40.2 Å². The second-order valence-electron chi connectivity index (χ2n) is 3.88. The molecule has 1 aromatic carbocycles. The Hall–Kier alpha value is -1.27. The van der Waals surface area contributed by atoms with E-state index in [1.54, 1.807) is 31.4 Å². The van der Waals surface area contributed by atoms with Crippen molar-refractivity contribution in [3.63, 3.8) is 0 Å². The molecule has 0 aliphatic rings. The molecule has 0 unspecified atom stereocenters. The van der Waals surface area contributed by atoms with Crippen molar-refractivity contribution in [2.24, 2.45) is 0 Å². The van der Waals surface area contributed by atoms with Gasteiger partial charge >= 0.3 is 0 Å². The maximum absolute atomic E-state index is 11.6. The second kappa shape index (κ2) is 7.23. The number of rotatable bonds is 8. The summed E-state index contributed by atoms with van der Waals surface area (Å²) in [6.07, 6.45) is 0.506. The molecule has 0 bridgehead atoms. The SMILES string of the molecule is COCCCS(=O)(=O)CCOc1ccccc1N. The fourth-order valence-corrected chi connectivity index (χ4v) is 2.51. The van der Waals surface area contributed by atoms with Gasteiger partial charge in [0.2, 0.25) is 0 Å². The molecule has 102 valence electrons. The summed E-state index contributed by atoms with van der Waals surface area (Å²) in [5.41, 5.74) is 6.19. The van der Waals surface area contributed by atoms with Crippen molar-refractivity contribution in [3.05, 3.63) is 24.3 Å². The molecule has 0 aromatic heterocycles. The first-order valence-corrected chi connectivity index (χ1v) is 7.54. The maximum Gasteiger partial charge on any atom is 0.153 e. The van der Waals surface area contributed by atoms with E-state index in [9.17, 15) is 8.42 Å². The largest absolute Gasteiger partial charge is 0.490 e. The van der Waals surface area contributed by atoms with Crippen molar-refractivity contribution in [2.45, 2.75) is 6.42 Å². The maximum atomic E-state index is 11.6. The van der Waals surface area contributed by atoms with E-state index in [1.807, 2.05) is 0 Å². The number of nitrogen functional groups attached to an aromatic ring is 1. The molecule has 1 rings (SSSR count). The fraction of sp³-hybridized carbons (Fsp3) is 0.500. The van der Waals surface area contributed by atoms with Crippen LogP contribution in [0.4, 0.5) is 5.69 Å². The number of anilines is 1. The lowest BCUT2D eigenvalue weighted by molar-refractivity contribution is 0.199. The topological polar surface area (TPSA) is 78.6 Å². The zero-order chi connectivity index (χ0) is 13.4. The third-order valence-corrected chi connectivity index (χ3v) is 4.07. The number of methoxy groups -OCH3 is 1. The molecule has 2 N–H and O–H groups in total.